The van der Waals surface area contributed by atoms with E-state index in [1.165, 1.54) is 31.3 Å². The Morgan fingerprint density at radius 2 is 1.77 bits per heavy atom. The number of rotatable bonds is 5. The number of sulfonamides is 1. The molecule has 0 atom stereocenters. The summed E-state index contributed by atoms with van der Waals surface area (Å²) >= 11 is 0. The molecular formula is C14H21N3O4S. The van der Waals surface area contributed by atoms with Crippen molar-refractivity contribution in [3.8, 4) is 0 Å². The highest BCUT2D eigenvalue weighted by Crippen LogP contribution is 2.13. The van der Waals surface area contributed by atoms with Crippen LogP contribution in [0, 0.1) is 0 Å². The van der Waals surface area contributed by atoms with Gasteiger partial charge in [-0.25, -0.2) is 13.1 Å². The molecule has 1 aliphatic heterocycles. The molecule has 0 aromatic heterocycles. The summed E-state index contributed by atoms with van der Waals surface area (Å²) in [5.41, 5.74) is 0.477. The molecule has 1 heterocycles. The molecular weight excluding hydrogens is 306 g/mol. The molecule has 1 amide bonds. The molecule has 1 aliphatic rings. The zero-order valence-corrected chi connectivity index (χ0v) is 13.3. The van der Waals surface area contributed by atoms with Crippen LogP contribution in [-0.4, -0.2) is 75.6 Å². The predicted octanol–water partition coefficient (Wildman–Crippen LogP) is -0.655. The number of aliphatic hydroxyl groups is 1. The molecule has 122 valence electrons. The van der Waals surface area contributed by atoms with Crippen molar-refractivity contribution in [2.75, 3.05) is 46.4 Å². The molecule has 0 unspecified atom stereocenters. The summed E-state index contributed by atoms with van der Waals surface area (Å²) in [4.78, 5) is 16.4. The van der Waals surface area contributed by atoms with Crippen molar-refractivity contribution in [2.24, 2.45) is 0 Å². The number of aliphatic hydroxyl groups excluding tert-OH is 1. The van der Waals surface area contributed by atoms with Gasteiger partial charge in [-0.05, 0) is 31.3 Å². The molecule has 2 rings (SSSR count). The number of benzene rings is 1. The van der Waals surface area contributed by atoms with Crippen LogP contribution in [0.3, 0.4) is 0 Å². The molecule has 0 radical (unpaired) electrons. The van der Waals surface area contributed by atoms with Crippen molar-refractivity contribution < 1.29 is 18.3 Å². The van der Waals surface area contributed by atoms with Crippen LogP contribution < -0.4 is 4.72 Å². The van der Waals surface area contributed by atoms with Gasteiger partial charge in [0.1, 0.15) is 0 Å². The Labute approximate surface area is 130 Å². The zero-order valence-electron chi connectivity index (χ0n) is 12.5. The molecule has 1 aromatic rings. The topological polar surface area (TPSA) is 90.0 Å². The molecule has 0 saturated carbocycles. The first-order chi connectivity index (χ1) is 10.5. The van der Waals surface area contributed by atoms with E-state index in [2.05, 4.69) is 9.62 Å². The molecule has 2 N–H and O–H groups in total. The second kappa shape index (κ2) is 7.19. The smallest absolute Gasteiger partial charge is 0.253 e. The number of nitrogens with one attached hydrogen (secondary N) is 1. The number of carbonyl (C=O) groups excluding carboxylic acids is 1. The standard InChI is InChI=1S/C14H21N3O4S/c1-15-22(20,21)13-4-2-12(3-5-13)14(19)17-8-6-16(7-9-17)10-11-18/h2-5,15,18H,6-11H2,1H3. The van der Waals surface area contributed by atoms with Crippen LogP contribution in [-0.2, 0) is 10.0 Å². The van der Waals surface area contributed by atoms with E-state index in [0.717, 1.165) is 13.1 Å². The predicted molar refractivity (Wildman–Crippen MR) is 82.1 cm³/mol. The quantitative estimate of drug-likeness (QED) is 0.750. The monoisotopic (exact) mass is 327 g/mol. The number of piperazine rings is 1. The maximum absolute atomic E-state index is 12.4. The van der Waals surface area contributed by atoms with E-state index >= 15 is 0 Å². The van der Waals surface area contributed by atoms with Crippen LogP contribution in [0.25, 0.3) is 0 Å². The molecule has 0 bridgehead atoms. The maximum Gasteiger partial charge on any atom is 0.253 e. The van der Waals surface area contributed by atoms with E-state index in [1.54, 1.807) is 4.90 Å². The lowest BCUT2D eigenvalue weighted by Gasteiger charge is -2.34. The molecule has 1 aromatic carbocycles. The lowest BCUT2D eigenvalue weighted by molar-refractivity contribution is 0.0615. The third-order valence-electron chi connectivity index (χ3n) is 3.76. The van der Waals surface area contributed by atoms with Crippen LogP contribution in [0.5, 0.6) is 0 Å². The van der Waals surface area contributed by atoms with Crippen molar-refractivity contribution in [3.63, 3.8) is 0 Å². The molecule has 1 saturated heterocycles. The first-order valence-electron chi connectivity index (χ1n) is 7.14. The first-order valence-corrected chi connectivity index (χ1v) is 8.62. The fraction of sp³-hybridized carbons (Fsp3) is 0.500. The average Bonchev–Trinajstić information content (AvgIpc) is 2.55. The Bertz CT molecular complexity index is 607. The van der Waals surface area contributed by atoms with Crippen LogP contribution in [0.1, 0.15) is 10.4 Å². The molecule has 22 heavy (non-hydrogen) atoms. The van der Waals surface area contributed by atoms with Gasteiger partial charge in [0.05, 0.1) is 11.5 Å². The van der Waals surface area contributed by atoms with Gasteiger partial charge in [-0.1, -0.05) is 0 Å². The van der Waals surface area contributed by atoms with Gasteiger partial charge in [0, 0.05) is 38.3 Å². The van der Waals surface area contributed by atoms with E-state index in [4.69, 9.17) is 5.11 Å². The summed E-state index contributed by atoms with van der Waals surface area (Å²) in [6.07, 6.45) is 0. The van der Waals surface area contributed by atoms with Gasteiger partial charge in [0.2, 0.25) is 10.0 Å². The molecule has 0 aliphatic carbocycles. The minimum Gasteiger partial charge on any atom is -0.395 e. The van der Waals surface area contributed by atoms with E-state index in [1.807, 2.05) is 0 Å². The maximum atomic E-state index is 12.4. The highest BCUT2D eigenvalue weighted by molar-refractivity contribution is 7.89. The van der Waals surface area contributed by atoms with Gasteiger partial charge in [-0.3, -0.25) is 9.69 Å². The normalized spacial score (nSPS) is 16.7. The minimum atomic E-state index is -3.48. The number of β-amino-alcohol motifs (C(OH)–C–C–N with tert-alkyl or cyclic N) is 1. The summed E-state index contributed by atoms with van der Waals surface area (Å²) < 4.78 is 25.5. The van der Waals surface area contributed by atoms with Crippen molar-refractivity contribution in [1.82, 2.24) is 14.5 Å². The fourth-order valence-electron chi connectivity index (χ4n) is 2.39. The Morgan fingerprint density at radius 1 is 1.18 bits per heavy atom. The number of nitrogens with zero attached hydrogens (tertiary/aromatic N) is 2. The summed E-state index contributed by atoms with van der Waals surface area (Å²) in [5, 5.41) is 8.91. The fourth-order valence-corrected chi connectivity index (χ4v) is 3.12. The largest absolute Gasteiger partial charge is 0.395 e. The molecule has 0 spiro atoms. The van der Waals surface area contributed by atoms with Crippen LogP contribution in [0.2, 0.25) is 0 Å². The van der Waals surface area contributed by atoms with Gasteiger partial charge >= 0.3 is 0 Å². The Morgan fingerprint density at radius 3 is 2.27 bits per heavy atom. The van der Waals surface area contributed by atoms with Gasteiger partial charge in [0.15, 0.2) is 0 Å². The van der Waals surface area contributed by atoms with E-state index < -0.39 is 10.0 Å². The molecule has 7 nitrogen and oxygen atoms in total. The highest BCUT2D eigenvalue weighted by Gasteiger charge is 2.22. The van der Waals surface area contributed by atoms with Gasteiger partial charge < -0.3 is 10.0 Å². The second-order valence-corrected chi connectivity index (χ2v) is 6.98. The SMILES string of the molecule is CNS(=O)(=O)c1ccc(C(=O)N2CCN(CCO)CC2)cc1. The van der Waals surface area contributed by atoms with E-state index in [-0.39, 0.29) is 17.4 Å². The number of amides is 1. The van der Waals surface area contributed by atoms with Crippen molar-refractivity contribution in [2.45, 2.75) is 4.90 Å². The third-order valence-corrected chi connectivity index (χ3v) is 5.19. The Kier molecular flexibility index (Phi) is 5.52. The van der Waals surface area contributed by atoms with E-state index in [0.29, 0.717) is 25.2 Å². The summed E-state index contributed by atoms with van der Waals surface area (Å²) in [5.74, 6) is -0.0999. The van der Waals surface area contributed by atoms with Crippen molar-refractivity contribution in [3.05, 3.63) is 29.8 Å². The lowest BCUT2D eigenvalue weighted by atomic mass is 10.2. The lowest BCUT2D eigenvalue weighted by Crippen LogP contribution is -2.49. The van der Waals surface area contributed by atoms with Gasteiger partial charge in [0.25, 0.3) is 5.91 Å². The molecule has 1 fully saturated rings. The number of hydrogen-bond acceptors (Lipinski definition) is 5. The summed E-state index contributed by atoms with van der Waals surface area (Å²) in [6.45, 7) is 3.43. The Balaban J connectivity index is 2.02. The molecule has 8 heteroatoms. The summed E-state index contributed by atoms with van der Waals surface area (Å²) in [7, 11) is -2.14. The van der Waals surface area contributed by atoms with Crippen LogP contribution >= 0.6 is 0 Å². The van der Waals surface area contributed by atoms with Crippen LogP contribution in [0.4, 0.5) is 0 Å². The number of hydrogen-bond donors (Lipinski definition) is 2. The van der Waals surface area contributed by atoms with E-state index in [9.17, 15) is 13.2 Å². The number of carbonyl (C=O) groups is 1. The first kappa shape index (κ1) is 16.9. The third kappa shape index (κ3) is 3.83. The van der Waals surface area contributed by atoms with Crippen molar-refractivity contribution >= 4 is 15.9 Å². The highest BCUT2D eigenvalue weighted by atomic mass is 32.2. The second-order valence-electron chi connectivity index (χ2n) is 5.09. The van der Waals surface area contributed by atoms with Crippen LogP contribution in [0.15, 0.2) is 29.2 Å². The average molecular weight is 327 g/mol. The summed E-state index contributed by atoms with van der Waals surface area (Å²) in [6, 6.07) is 5.93. The Hall–Kier alpha value is -1.48. The van der Waals surface area contributed by atoms with Crippen molar-refractivity contribution in [1.29, 1.82) is 0 Å². The minimum absolute atomic E-state index is 0.0999. The van der Waals surface area contributed by atoms with Gasteiger partial charge in [-0.2, -0.15) is 0 Å². The van der Waals surface area contributed by atoms with Gasteiger partial charge in [-0.15, -0.1) is 0 Å². The zero-order chi connectivity index (χ0) is 16.2.